The van der Waals surface area contributed by atoms with Crippen molar-refractivity contribution >= 4 is 11.9 Å². The number of nitrogens with one attached hydrogen (secondary N) is 2. The fourth-order valence-corrected chi connectivity index (χ4v) is 3.24. The molecule has 1 rings (SSSR count). The highest BCUT2D eigenvalue weighted by Gasteiger charge is 2.41. The number of aliphatic imine (C=N–C) groups is 1. The molecule has 1 fully saturated rings. The number of rotatable bonds is 10. The summed E-state index contributed by atoms with van der Waals surface area (Å²) in [5.41, 5.74) is -0.313. The lowest BCUT2D eigenvalue weighted by Crippen LogP contribution is -2.43. The predicted octanol–water partition coefficient (Wildman–Crippen LogP) is 2.25. The van der Waals surface area contributed by atoms with Crippen molar-refractivity contribution in [3.8, 4) is 0 Å². The van der Waals surface area contributed by atoms with Crippen molar-refractivity contribution in [2.45, 2.75) is 52.9 Å². The fourth-order valence-electron chi connectivity index (χ4n) is 3.24. The minimum atomic E-state index is -0.313. The number of amides is 1. The van der Waals surface area contributed by atoms with Crippen LogP contribution in [-0.2, 0) is 9.53 Å². The van der Waals surface area contributed by atoms with Crippen molar-refractivity contribution in [1.29, 1.82) is 0 Å². The molecule has 0 radical (unpaired) electrons. The first kappa shape index (κ1) is 21.7. The summed E-state index contributed by atoms with van der Waals surface area (Å²) in [5, 5.41) is 6.63. The van der Waals surface area contributed by atoms with Crippen LogP contribution in [0.15, 0.2) is 4.99 Å². The molecule has 0 spiro atoms. The molecule has 0 aliphatic heterocycles. The topological polar surface area (TPSA) is 66.0 Å². The van der Waals surface area contributed by atoms with Gasteiger partial charge in [0.1, 0.15) is 0 Å². The van der Waals surface area contributed by atoms with Gasteiger partial charge in [0.25, 0.3) is 0 Å². The molecule has 0 aromatic rings. The third-order valence-corrected chi connectivity index (χ3v) is 4.51. The third kappa shape index (κ3) is 7.63. The summed E-state index contributed by atoms with van der Waals surface area (Å²) in [7, 11) is 3.68. The number of carbonyl (C=O) groups excluding carboxylic acids is 1. The highest BCUT2D eigenvalue weighted by atomic mass is 16.5. The molecule has 146 valence electrons. The van der Waals surface area contributed by atoms with Gasteiger partial charge < -0.3 is 20.3 Å². The Bertz CT molecular complexity index is 416. The van der Waals surface area contributed by atoms with E-state index in [1.165, 1.54) is 0 Å². The van der Waals surface area contributed by atoms with Gasteiger partial charge in [0.2, 0.25) is 5.91 Å². The zero-order chi connectivity index (χ0) is 18.7. The molecular weight excluding hydrogens is 316 g/mol. The van der Waals surface area contributed by atoms with Crippen molar-refractivity contribution < 1.29 is 9.53 Å². The molecule has 0 atom stereocenters. The summed E-state index contributed by atoms with van der Waals surface area (Å²) in [6, 6.07) is 0. The van der Waals surface area contributed by atoms with E-state index < -0.39 is 0 Å². The number of ether oxygens (including phenoxy) is 1. The first-order valence-corrected chi connectivity index (χ1v) is 9.73. The van der Waals surface area contributed by atoms with Crippen LogP contribution in [0.1, 0.15) is 52.9 Å². The van der Waals surface area contributed by atoms with Crippen molar-refractivity contribution in [2.75, 3.05) is 46.9 Å². The maximum Gasteiger partial charge on any atom is 0.230 e. The molecule has 25 heavy (non-hydrogen) atoms. The smallest absolute Gasteiger partial charge is 0.230 e. The van der Waals surface area contributed by atoms with Gasteiger partial charge in [0, 0.05) is 40.4 Å². The molecule has 0 bridgehead atoms. The second-order valence-electron chi connectivity index (χ2n) is 7.63. The Labute approximate surface area is 153 Å². The molecule has 1 amide bonds. The summed E-state index contributed by atoms with van der Waals surface area (Å²) in [6.45, 7) is 10.1. The van der Waals surface area contributed by atoms with Crippen LogP contribution >= 0.6 is 0 Å². The van der Waals surface area contributed by atoms with Crippen molar-refractivity contribution in [3.05, 3.63) is 0 Å². The summed E-state index contributed by atoms with van der Waals surface area (Å²) < 4.78 is 5.60. The van der Waals surface area contributed by atoms with Crippen LogP contribution in [0.5, 0.6) is 0 Å². The van der Waals surface area contributed by atoms with Gasteiger partial charge in [0.15, 0.2) is 5.96 Å². The maximum absolute atomic E-state index is 12.6. The lowest BCUT2D eigenvalue weighted by Gasteiger charge is -2.29. The molecule has 0 saturated heterocycles. The van der Waals surface area contributed by atoms with Crippen LogP contribution in [0.25, 0.3) is 0 Å². The van der Waals surface area contributed by atoms with E-state index in [4.69, 9.17) is 9.73 Å². The van der Waals surface area contributed by atoms with Crippen LogP contribution in [0.3, 0.4) is 0 Å². The monoisotopic (exact) mass is 354 g/mol. The van der Waals surface area contributed by atoms with Crippen LogP contribution in [-0.4, -0.2) is 63.7 Å². The lowest BCUT2D eigenvalue weighted by molar-refractivity contribution is -0.138. The van der Waals surface area contributed by atoms with Crippen molar-refractivity contribution in [3.63, 3.8) is 0 Å². The van der Waals surface area contributed by atoms with E-state index >= 15 is 0 Å². The normalized spacial score (nSPS) is 17.0. The Morgan fingerprint density at radius 2 is 1.92 bits per heavy atom. The Hall–Kier alpha value is -1.30. The highest BCUT2D eigenvalue weighted by molar-refractivity contribution is 5.84. The van der Waals surface area contributed by atoms with Crippen LogP contribution in [0.2, 0.25) is 0 Å². The van der Waals surface area contributed by atoms with Crippen LogP contribution in [0.4, 0.5) is 0 Å². The van der Waals surface area contributed by atoms with Gasteiger partial charge in [-0.15, -0.1) is 0 Å². The van der Waals surface area contributed by atoms with E-state index in [-0.39, 0.29) is 11.3 Å². The van der Waals surface area contributed by atoms with Gasteiger partial charge in [-0.1, -0.05) is 26.7 Å². The standard InChI is InChI=1S/C19H38N4O2/c1-6-20-18(21-12-9-13-25-14-16(2)3)22-15-19(10-7-8-11-19)17(24)23(4)5/h16H,6-15H2,1-5H3,(H2,20,21,22). The molecule has 2 N–H and O–H groups in total. The number of guanidine groups is 1. The SMILES string of the molecule is CCNC(=NCC1(C(=O)N(C)C)CCCC1)NCCCOCC(C)C. The first-order chi connectivity index (χ1) is 11.9. The average Bonchev–Trinajstić information content (AvgIpc) is 3.04. The number of hydrogen-bond acceptors (Lipinski definition) is 3. The molecule has 0 aromatic carbocycles. The van der Waals surface area contributed by atoms with Gasteiger partial charge in [-0.2, -0.15) is 0 Å². The van der Waals surface area contributed by atoms with Crippen LogP contribution in [0, 0.1) is 11.3 Å². The largest absolute Gasteiger partial charge is 0.381 e. The van der Waals surface area contributed by atoms with E-state index in [1.54, 1.807) is 4.90 Å². The predicted molar refractivity (Wildman–Crippen MR) is 104 cm³/mol. The zero-order valence-corrected chi connectivity index (χ0v) is 16.9. The Morgan fingerprint density at radius 1 is 1.24 bits per heavy atom. The van der Waals surface area contributed by atoms with Crippen molar-refractivity contribution in [1.82, 2.24) is 15.5 Å². The van der Waals surface area contributed by atoms with Gasteiger partial charge in [-0.3, -0.25) is 9.79 Å². The average molecular weight is 355 g/mol. The molecule has 1 aliphatic rings. The minimum Gasteiger partial charge on any atom is -0.381 e. The quantitative estimate of drug-likeness (QED) is 0.359. The van der Waals surface area contributed by atoms with Gasteiger partial charge in [-0.25, -0.2) is 0 Å². The molecule has 6 nitrogen and oxygen atoms in total. The lowest BCUT2D eigenvalue weighted by atomic mass is 9.85. The fraction of sp³-hybridized carbons (Fsp3) is 0.895. The van der Waals surface area contributed by atoms with E-state index in [2.05, 4.69) is 31.4 Å². The van der Waals surface area contributed by atoms with E-state index in [9.17, 15) is 4.79 Å². The summed E-state index contributed by atoms with van der Waals surface area (Å²) in [6.07, 6.45) is 5.06. The summed E-state index contributed by atoms with van der Waals surface area (Å²) >= 11 is 0. The molecule has 1 saturated carbocycles. The van der Waals surface area contributed by atoms with Gasteiger partial charge in [0.05, 0.1) is 12.0 Å². The van der Waals surface area contributed by atoms with E-state index in [0.717, 1.165) is 64.4 Å². The number of hydrogen-bond donors (Lipinski definition) is 2. The molecule has 0 aromatic heterocycles. The number of carbonyl (C=O) groups is 1. The number of nitrogens with zero attached hydrogens (tertiary/aromatic N) is 2. The first-order valence-electron chi connectivity index (χ1n) is 9.73. The molecule has 1 aliphatic carbocycles. The third-order valence-electron chi connectivity index (χ3n) is 4.51. The van der Waals surface area contributed by atoms with Gasteiger partial charge >= 0.3 is 0 Å². The molecule has 6 heteroatoms. The second-order valence-corrected chi connectivity index (χ2v) is 7.63. The Kier molecular flexibility index (Phi) is 9.86. The van der Waals surface area contributed by atoms with Crippen LogP contribution < -0.4 is 10.6 Å². The Balaban J connectivity index is 2.51. The highest BCUT2D eigenvalue weighted by Crippen LogP contribution is 2.39. The summed E-state index contributed by atoms with van der Waals surface area (Å²) in [4.78, 5) is 19.1. The second kappa shape index (κ2) is 11.3. The zero-order valence-electron chi connectivity index (χ0n) is 16.9. The molecule has 0 heterocycles. The maximum atomic E-state index is 12.6. The van der Waals surface area contributed by atoms with Crippen molar-refractivity contribution in [2.24, 2.45) is 16.3 Å². The minimum absolute atomic E-state index is 0.215. The van der Waals surface area contributed by atoms with E-state index in [1.807, 2.05) is 14.1 Å². The molecular formula is C19H38N4O2. The van der Waals surface area contributed by atoms with E-state index in [0.29, 0.717) is 12.5 Å². The summed E-state index contributed by atoms with van der Waals surface area (Å²) in [5.74, 6) is 1.58. The Morgan fingerprint density at radius 3 is 2.48 bits per heavy atom. The van der Waals surface area contributed by atoms with Gasteiger partial charge in [-0.05, 0) is 32.1 Å². The molecule has 0 unspecified atom stereocenters.